The van der Waals surface area contributed by atoms with E-state index in [0.29, 0.717) is 23.7 Å². The van der Waals surface area contributed by atoms with Crippen LogP contribution in [0.2, 0.25) is 0 Å². The van der Waals surface area contributed by atoms with Gasteiger partial charge in [-0.1, -0.05) is 19.9 Å². The van der Waals surface area contributed by atoms with Crippen LogP contribution in [0.3, 0.4) is 0 Å². The Labute approximate surface area is 113 Å². The van der Waals surface area contributed by atoms with E-state index < -0.39 is 5.97 Å². The number of ether oxygens (including phenoxy) is 1. The molecule has 0 aliphatic heterocycles. The van der Waals surface area contributed by atoms with E-state index in [1.165, 1.54) is 0 Å². The highest BCUT2D eigenvalue weighted by Crippen LogP contribution is 2.13. The summed E-state index contributed by atoms with van der Waals surface area (Å²) in [6.07, 6.45) is 0. The summed E-state index contributed by atoms with van der Waals surface area (Å²) in [4.78, 5) is 23.1. The van der Waals surface area contributed by atoms with Crippen molar-refractivity contribution in [3.8, 4) is 0 Å². The van der Waals surface area contributed by atoms with Gasteiger partial charge in [0, 0.05) is 12.2 Å². The van der Waals surface area contributed by atoms with Crippen LogP contribution in [0.15, 0.2) is 18.2 Å². The first-order valence-corrected chi connectivity index (χ1v) is 6.20. The number of esters is 1. The van der Waals surface area contributed by atoms with Crippen molar-refractivity contribution in [1.82, 2.24) is 5.32 Å². The molecule has 0 aromatic heterocycles. The van der Waals surface area contributed by atoms with Gasteiger partial charge in [0.25, 0.3) is 5.91 Å². The van der Waals surface area contributed by atoms with Gasteiger partial charge in [0.2, 0.25) is 0 Å². The monoisotopic (exact) mass is 264 g/mol. The highest BCUT2D eigenvalue weighted by Gasteiger charge is 2.11. The Morgan fingerprint density at radius 2 is 2.05 bits per heavy atom. The number of rotatable bonds is 5. The van der Waals surface area contributed by atoms with E-state index in [2.05, 4.69) is 5.32 Å². The van der Waals surface area contributed by atoms with Gasteiger partial charge in [0.1, 0.15) is 0 Å². The maximum atomic E-state index is 11.7. The number of nitrogens with one attached hydrogen (secondary N) is 1. The zero-order valence-corrected chi connectivity index (χ0v) is 11.5. The minimum atomic E-state index is -0.550. The third-order valence-electron chi connectivity index (χ3n) is 2.56. The smallest absolute Gasteiger partial charge is 0.338 e. The summed E-state index contributed by atoms with van der Waals surface area (Å²) in [5, 5.41) is 2.67. The predicted octanol–water partition coefficient (Wildman–Crippen LogP) is 1.51. The van der Waals surface area contributed by atoms with Crippen molar-refractivity contribution in [2.75, 3.05) is 18.9 Å². The van der Waals surface area contributed by atoms with Crippen LogP contribution in [0.1, 0.15) is 29.8 Å². The number of amides is 1. The molecule has 1 aromatic carbocycles. The molecule has 0 heterocycles. The van der Waals surface area contributed by atoms with Crippen molar-refractivity contribution in [3.63, 3.8) is 0 Å². The number of nitrogen functional groups attached to an aromatic ring is 1. The molecule has 1 rings (SSSR count). The lowest BCUT2D eigenvalue weighted by atomic mass is 10.1. The molecule has 3 N–H and O–H groups in total. The molecule has 5 heteroatoms. The van der Waals surface area contributed by atoms with E-state index in [-0.39, 0.29) is 12.5 Å². The largest absolute Gasteiger partial charge is 0.452 e. The molecule has 0 saturated carbocycles. The topological polar surface area (TPSA) is 81.4 Å². The fourth-order valence-electron chi connectivity index (χ4n) is 1.35. The van der Waals surface area contributed by atoms with E-state index in [9.17, 15) is 9.59 Å². The normalized spacial score (nSPS) is 10.3. The molecule has 5 nitrogen and oxygen atoms in total. The minimum absolute atomic E-state index is 0.278. The highest BCUT2D eigenvalue weighted by atomic mass is 16.5. The third-order valence-corrected chi connectivity index (χ3v) is 2.56. The van der Waals surface area contributed by atoms with Gasteiger partial charge in [-0.2, -0.15) is 0 Å². The molecular weight excluding hydrogens is 244 g/mol. The zero-order chi connectivity index (χ0) is 14.4. The summed E-state index contributed by atoms with van der Waals surface area (Å²) >= 11 is 0. The summed E-state index contributed by atoms with van der Waals surface area (Å²) in [6.45, 7) is 6.11. The van der Waals surface area contributed by atoms with Crippen LogP contribution < -0.4 is 11.1 Å². The van der Waals surface area contributed by atoms with Crippen LogP contribution in [0.5, 0.6) is 0 Å². The fraction of sp³-hybridized carbons (Fsp3) is 0.429. The standard InChI is InChI=1S/C14H20N2O3/c1-9(2)7-16-13(17)8-19-14(18)11-5-4-10(3)12(15)6-11/h4-6,9H,7-8,15H2,1-3H3,(H,16,17). The second-order valence-electron chi connectivity index (χ2n) is 4.85. The quantitative estimate of drug-likeness (QED) is 0.624. The number of anilines is 1. The van der Waals surface area contributed by atoms with Gasteiger partial charge in [-0.25, -0.2) is 4.79 Å². The van der Waals surface area contributed by atoms with Crippen molar-refractivity contribution in [2.45, 2.75) is 20.8 Å². The fourth-order valence-corrected chi connectivity index (χ4v) is 1.35. The first-order valence-electron chi connectivity index (χ1n) is 6.20. The number of nitrogens with two attached hydrogens (primary N) is 1. The second kappa shape index (κ2) is 6.78. The van der Waals surface area contributed by atoms with Crippen LogP contribution >= 0.6 is 0 Å². The van der Waals surface area contributed by atoms with E-state index >= 15 is 0 Å². The van der Waals surface area contributed by atoms with Crippen LogP contribution in [0.25, 0.3) is 0 Å². The van der Waals surface area contributed by atoms with Crippen molar-refractivity contribution in [3.05, 3.63) is 29.3 Å². The molecule has 0 spiro atoms. The Balaban J connectivity index is 2.47. The number of carbonyl (C=O) groups excluding carboxylic acids is 2. The maximum absolute atomic E-state index is 11.7. The molecule has 1 aromatic rings. The summed E-state index contributed by atoms with van der Waals surface area (Å²) < 4.78 is 4.91. The molecule has 0 aliphatic rings. The molecule has 1 amide bonds. The molecule has 0 unspecified atom stereocenters. The van der Waals surface area contributed by atoms with Crippen molar-refractivity contribution < 1.29 is 14.3 Å². The highest BCUT2D eigenvalue weighted by molar-refractivity contribution is 5.92. The lowest BCUT2D eigenvalue weighted by molar-refractivity contribution is -0.124. The molecule has 0 radical (unpaired) electrons. The number of carbonyl (C=O) groups is 2. The summed E-state index contributed by atoms with van der Waals surface area (Å²) in [5.74, 6) is -0.495. The number of aryl methyl sites for hydroxylation is 1. The van der Waals surface area contributed by atoms with Gasteiger partial charge >= 0.3 is 5.97 Å². The number of hydrogen-bond acceptors (Lipinski definition) is 4. The second-order valence-corrected chi connectivity index (χ2v) is 4.85. The predicted molar refractivity (Wildman–Crippen MR) is 73.7 cm³/mol. The Bertz CT molecular complexity index is 470. The Hall–Kier alpha value is -2.04. The van der Waals surface area contributed by atoms with Crippen molar-refractivity contribution in [1.29, 1.82) is 0 Å². The van der Waals surface area contributed by atoms with Gasteiger partial charge in [0.15, 0.2) is 6.61 Å². The zero-order valence-electron chi connectivity index (χ0n) is 11.5. The molecule has 0 aliphatic carbocycles. The Morgan fingerprint density at radius 3 is 2.63 bits per heavy atom. The van der Waals surface area contributed by atoms with E-state index in [4.69, 9.17) is 10.5 Å². The Kier molecular flexibility index (Phi) is 5.36. The van der Waals surface area contributed by atoms with Gasteiger partial charge < -0.3 is 15.8 Å². The van der Waals surface area contributed by atoms with Crippen LogP contribution in [-0.4, -0.2) is 25.0 Å². The molecule has 0 saturated heterocycles. The number of hydrogen-bond donors (Lipinski definition) is 2. The van der Waals surface area contributed by atoms with E-state index in [1.807, 2.05) is 20.8 Å². The van der Waals surface area contributed by atoms with Gasteiger partial charge in [-0.15, -0.1) is 0 Å². The van der Waals surface area contributed by atoms with Crippen molar-refractivity contribution >= 4 is 17.6 Å². The molecule has 19 heavy (non-hydrogen) atoms. The van der Waals surface area contributed by atoms with Crippen LogP contribution in [-0.2, 0) is 9.53 Å². The lowest BCUT2D eigenvalue weighted by Gasteiger charge is -2.09. The first kappa shape index (κ1) is 15.0. The third kappa shape index (κ3) is 4.99. The van der Waals surface area contributed by atoms with Gasteiger partial charge in [-0.3, -0.25) is 4.79 Å². The summed E-state index contributed by atoms with van der Waals surface area (Å²) in [7, 11) is 0. The van der Waals surface area contributed by atoms with Gasteiger partial charge in [0.05, 0.1) is 5.56 Å². The minimum Gasteiger partial charge on any atom is -0.452 e. The van der Waals surface area contributed by atoms with E-state index in [0.717, 1.165) is 5.56 Å². The number of benzene rings is 1. The average Bonchev–Trinajstić information content (AvgIpc) is 2.36. The summed E-state index contributed by atoms with van der Waals surface area (Å²) in [6, 6.07) is 4.91. The van der Waals surface area contributed by atoms with Crippen molar-refractivity contribution in [2.24, 2.45) is 5.92 Å². The van der Waals surface area contributed by atoms with E-state index in [1.54, 1.807) is 18.2 Å². The van der Waals surface area contributed by atoms with Crippen LogP contribution in [0, 0.1) is 12.8 Å². The average molecular weight is 264 g/mol. The summed E-state index contributed by atoms with van der Waals surface area (Å²) in [5.41, 5.74) is 7.48. The lowest BCUT2D eigenvalue weighted by Crippen LogP contribution is -2.31. The Morgan fingerprint density at radius 1 is 1.37 bits per heavy atom. The first-order chi connectivity index (χ1) is 8.90. The molecule has 0 fully saturated rings. The van der Waals surface area contributed by atoms with Gasteiger partial charge in [-0.05, 0) is 30.5 Å². The maximum Gasteiger partial charge on any atom is 0.338 e. The SMILES string of the molecule is Cc1ccc(C(=O)OCC(=O)NCC(C)C)cc1N. The molecule has 0 atom stereocenters. The molecular formula is C14H20N2O3. The van der Waals surface area contributed by atoms with Crippen LogP contribution in [0.4, 0.5) is 5.69 Å². The molecule has 104 valence electrons. The molecule has 0 bridgehead atoms.